The van der Waals surface area contributed by atoms with Gasteiger partial charge < -0.3 is 4.74 Å². The van der Waals surface area contributed by atoms with Crippen LogP contribution in [0, 0.1) is 13.8 Å². The summed E-state index contributed by atoms with van der Waals surface area (Å²) in [4.78, 5) is 30.4. The van der Waals surface area contributed by atoms with Crippen molar-refractivity contribution in [2.45, 2.75) is 39.7 Å². The first-order valence-corrected chi connectivity index (χ1v) is 10.2. The van der Waals surface area contributed by atoms with Crippen LogP contribution in [0.1, 0.15) is 30.9 Å². The van der Waals surface area contributed by atoms with Crippen LogP contribution in [0.5, 0.6) is 0 Å². The lowest BCUT2D eigenvalue weighted by Gasteiger charge is -2.22. The molecular weight excluding hydrogens is 356 g/mol. The lowest BCUT2D eigenvalue weighted by atomic mass is 10.1. The molecule has 2 aromatic rings. The average Bonchev–Trinajstić information content (AvgIpc) is 3.23. The summed E-state index contributed by atoms with van der Waals surface area (Å²) >= 11 is 2.56. The van der Waals surface area contributed by atoms with Gasteiger partial charge in [0, 0.05) is 13.5 Å². The van der Waals surface area contributed by atoms with Crippen LogP contribution in [0.3, 0.4) is 0 Å². The maximum Gasteiger partial charge on any atom is 0.239 e. The standard InChI is InChI=1S/C18H22N2O3S2/c1-11-6-7-15-17(12(11)2)19-18(25-15)20(9-14-5-4-8-23-14)16(22)10-24-13(3)21/h6-7,14H,4-5,8-10H2,1-3H3. The highest BCUT2D eigenvalue weighted by Crippen LogP contribution is 2.33. The molecule has 134 valence electrons. The number of benzene rings is 1. The molecule has 3 rings (SSSR count). The van der Waals surface area contributed by atoms with Gasteiger partial charge in [0.25, 0.3) is 0 Å². The highest BCUT2D eigenvalue weighted by atomic mass is 32.2. The van der Waals surface area contributed by atoms with E-state index in [1.807, 2.05) is 0 Å². The molecule has 0 radical (unpaired) electrons. The zero-order valence-electron chi connectivity index (χ0n) is 14.7. The fourth-order valence-electron chi connectivity index (χ4n) is 2.85. The van der Waals surface area contributed by atoms with Crippen LogP contribution >= 0.6 is 23.1 Å². The Bertz CT molecular complexity index is 797. The van der Waals surface area contributed by atoms with Crippen LogP contribution in [0.25, 0.3) is 10.2 Å². The fourth-order valence-corrected chi connectivity index (χ4v) is 4.38. The molecule has 5 nitrogen and oxygen atoms in total. The molecule has 0 aliphatic carbocycles. The summed E-state index contributed by atoms with van der Waals surface area (Å²) in [5.41, 5.74) is 3.28. The number of rotatable bonds is 5. The van der Waals surface area contributed by atoms with Crippen molar-refractivity contribution in [1.29, 1.82) is 0 Å². The van der Waals surface area contributed by atoms with Gasteiger partial charge in [-0.15, -0.1) is 0 Å². The molecule has 1 aromatic heterocycles. The summed E-state index contributed by atoms with van der Waals surface area (Å²) < 4.78 is 6.78. The van der Waals surface area contributed by atoms with Crippen molar-refractivity contribution in [2.75, 3.05) is 23.8 Å². The number of ether oxygens (including phenoxy) is 1. The van der Waals surface area contributed by atoms with Gasteiger partial charge in [-0.05, 0) is 43.9 Å². The molecule has 0 N–H and O–H groups in total. The lowest BCUT2D eigenvalue weighted by Crippen LogP contribution is -2.38. The molecule has 1 unspecified atom stereocenters. The van der Waals surface area contributed by atoms with E-state index >= 15 is 0 Å². The third kappa shape index (κ3) is 4.22. The van der Waals surface area contributed by atoms with Gasteiger partial charge in [-0.3, -0.25) is 14.5 Å². The van der Waals surface area contributed by atoms with E-state index in [0.29, 0.717) is 11.7 Å². The quantitative estimate of drug-likeness (QED) is 0.794. The van der Waals surface area contributed by atoms with E-state index in [9.17, 15) is 9.59 Å². The molecule has 7 heteroatoms. The maximum absolute atomic E-state index is 12.7. The van der Waals surface area contributed by atoms with Crippen LogP contribution in [0.15, 0.2) is 12.1 Å². The van der Waals surface area contributed by atoms with Crippen LogP contribution in [-0.2, 0) is 14.3 Å². The number of carbonyl (C=O) groups is 2. The molecule has 25 heavy (non-hydrogen) atoms. The number of thioether (sulfide) groups is 1. The third-order valence-corrected chi connectivity index (χ3v) is 6.26. The molecule has 1 atom stereocenters. The number of aryl methyl sites for hydroxylation is 2. The van der Waals surface area contributed by atoms with Gasteiger partial charge in [-0.1, -0.05) is 29.2 Å². The number of fused-ring (bicyclic) bond motifs is 1. The Morgan fingerprint density at radius 2 is 2.20 bits per heavy atom. The SMILES string of the molecule is CC(=O)SCC(=O)N(CC1CCCO1)c1nc2c(C)c(C)ccc2s1. The number of nitrogens with zero attached hydrogens (tertiary/aromatic N) is 2. The fraction of sp³-hybridized carbons (Fsp3) is 0.500. The highest BCUT2D eigenvalue weighted by Gasteiger charge is 2.26. The van der Waals surface area contributed by atoms with Crippen molar-refractivity contribution < 1.29 is 14.3 Å². The maximum atomic E-state index is 12.7. The summed E-state index contributed by atoms with van der Waals surface area (Å²) in [6.07, 6.45) is 2.01. The van der Waals surface area contributed by atoms with E-state index in [-0.39, 0.29) is 22.9 Å². The summed E-state index contributed by atoms with van der Waals surface area (Å²) in [6, 6.07) is 4.13. The number of anilines is 1. The Morgan fingerprint density at radius 1 is 1.40 bits per heavy atom. The first-order chi connectivity index (χ1) is 12.0. The highest BCUT2D eigenvalue weighted by molar-refractivity contribution is 8.14. The second kappa shape index (κ2) is 7.85. The van der Waals surface area contributed by atoms with Gasteiger partial charge in [-0.25, -0.2) is 4.98 Å². The smallest absolute Gasteiger partial charge is 0.239 e. The number of amides is 1. The molecule has 0 bridgehead atoms. The van der Waals surface area contributed by atoms with Crippen LogP contribution in [0.2, 0.25) is 0 Å². The molecule has 1 aliphatic rings. The van der Waals surface area contributed by atoms with E-state index < -0.39 is 0 Å². The summed E-state index contributed by atoms with van der Waals surface area (Å²) in [7, 11) is 0. The Labute approximate surface area is 155 Å². The normalized spacial score (nSPS) is 17.2. The van der Waals surface area contributed by atoms with Crippen molar-refractivity contribution in [3.8, 4) is 0 Å². The number of thiazole rings is 1. The van der Waals surface area contributed by atoms with E-state index in [1.165, 1.54) is 23.8 Å². The molecule has 0 spiro atoms. The molecule has 1 amide bonds. The minimum atomic E-state index is -0.0934. The van der Waals surface area contributed by atoms with E-state index in [1.54, 1.807) is 4.90 Å². The zero-order chi connectivity index (χ0) is 18.0. The summed E-state index contributed by atoms with van der Waals surface area (Å²) in [5, 5.41) is 0.634. The number of aromatic nitrogens is 1. The Balaban J connectivity index is 1.90. The van der Waals surface area contributed by atoms with Gasteiger partial charge in [0.05, 0.1) is 28.6 Å². The molecule has 1 aromatic carbocycles. The monoisotopic (exact) mass is 378 g/mol. The second-order valence-electron chi connectivity index (χ2n) is 6.27. The van der Waals surface area contributed by atoms with Gasteiger partial charge in [0.2, 0.25) is 5.91 Å². The zero-order valence-corrected chi connectivity index (χ0v) is 16.3. The average molecular weight is 379 g/mol. The van der Waals surface area contributed by atoms with Crippen molar-refractivity contribution >= 4 is 49.5 Å². The Hall–Kier alpha value is -1.44. The molecule has 2 heterocycles. The van der Waals surface area contributed by atoms with Crippen LogP contribution < -0.4 is 4.90 Å². The third-order valence-electron chi connectivity index (χ3n) is 4.41. The van der Waals surface area contributed by atoms with Crippen LogP contribution in [-0.4, -0.2) is 41.0 Å². The first kappa shape index (κ1) is 18.4. The van der Waals surface area contributed by atoms with Gasteiger partial charge in [-0.2, -0.15) is 0 Å². The van der Waals surface area contributed by atoms with E-state index in [2.05, 4.69) is 26.0 Å². The van der Waals surface area contributed by atoms with Crippen LogP contribution in [0.4, 0.5) is 5.13 Å². The molecule has 1 fully saturated rings. The molecular formula is C18H22N2O3S2. The Morgan fingerprint density at radius 3 is 2.88 bits per heavy atom. The van der Waals surface area contributed by atoms with Gasteiger partial charge >= 0.3 is 0 Å². The van der Waals surface area contributed by atoms with Crippen molar-refractivity contribution in [1.82, 2.24) is 4.98 Å². The summed E-state index contributed by atoms with van der Waals surface area (Å²) in [5.74, 6) is 0.0415. The minimum Gasteiger partial charge on any atom is -0.376 e. The van der Waals surface area contributed by atoms with Gasteiger partial charge in [0.15, 0.2) is 10.2 Å². The molecule has 1 aliphatic heterocycles. The lowest BCUT2D eigenvalue weighted by molar-refractivity contribution is -0.117. The van der Waals surface area contributed by atoms with Crippen molar-refractivity contribution in [3.63, 3.8) is 0 Å². The van der Waals surface area contributed by atoms with E-state index in [0.717, 1.165) is 47.0 Å². The molecule has 1 saturated heterocycles. The summed E-state index contributed by atoms with van der Waals surface area (Å²) in [6.45, 7) is 6.83. The largest absolute Gasteiger partial charge is 0.376 e. The topological polar surface area (TPSA) is 59.5 Å². The van der Waals surface area contributed by atoms with Gasteiger partial charge in [0.1, 0.15) is 0 Å². The first-order valence-electron chi connectivity index (χ1n) is 8.38. The number of hydrogen-bond donors (Lipinski definition) is 0. The molecule has 0 saturated carbocycles. The second-order valence-corrected chi connectivity index (χ2v) is 8.43. The van der Waals surface area contributed by atoms with Crippen molar-refractivity contribution in [3.05, 3.63) is 23.3 Å². The van der Waals surface area contributed by atoms with E-state index in [4.69, 9.17) is 9.72 Å². The number of hydrogen-bond acceptors (Lipinski definition) is 6. The van der Waals surface area contributed by atoms with Crippen molar-refractivity contribution in [2.24, 2.45) is 0 Å². The minimum absolute atomic E-state index is 0.0427. The Kier molecular flexibility index (Phi) is 5.76. The predicted molar refractivity (Wildman–Crippen MR) is 104 cm³/mol. The number of carbonyl (C=O) groups excluding carboxylic acids is 2. The predicted octanol–water partition coefficient (Wildman–Crippen LogP) is 3.70.